The second kappa shape index (κ2) is 9.37. The Balaban J connectivity index is 1.95. The van der Waals surface area contributed by atoms with Crippen molar-refractivity contribution in [2.75, 3.05) is 13.2 Å². The van der Waals surface area contributed by atoms with Crippen molar-refractivity contribution < 1.29 is 13.9 Å². The lowest BCUT2D eigenvalue weighted by Crippen LogP contribution is -2.42. The molecule has 1 aliphatic heterocycles. The second-order valence-corrected chi connectivity index (χ2v) is 6.90. The molecule has 1 aromatic carbocycles. The number of allylic oxidation sites excluding steroid dienone is 2. The monoisotopic (exact) mass is 396 g/mol. The predicted molar refractivity (Wildman–Crippen MR) is 111 cm³/mol. The van der Waals surface area contributed by atoms with Crippen LogP contribution in [-0.2, 0) is 19.5 Å². The first-order chi connectivity index (χ1) is 14.0. The average molecular weight is 396 g/mol. The quantitative estimate of drug-likeness (QED) is 0.639. The van der Waals surface area contributed by atoms with E-state index in [2.05, 4.69) is 6.58 Å². The molecule has 2 aromatic rings. The van der Waals surface area contributed by atoms with E-state index < -0.39 is 0 Å². The third-order valence-electron chi connectivity index (χ3n) is 4.91. The van der Waals surface area contributed by atoms with Crippen LogP contribution in [0, 0.1) is 5.82 Å². The Morgan fingerprint density at radius 2 is 2.00 bits per heavy atom. The molecule has 1 aromatic heterocycles. The molecule has 0 aliphatic carbocycles. The lowest BCUT2D eigenvalue weighted by molar-refractivity contribution is 0.0720. The van der Waals surface area contributed by atoms with E-state index in [1.54, 1.807) is 35.4 Å². The lowest BCUT2D eigenvalue weighted by atomic mass is 10.0. The van der Waals surface area contributed by atoms with Crippen LogP contribution in [0.4, 0.5) is 4.39 Å². The number of aromatic nitrogens is 1. The summed E-state index contributed by atoms with van der Waals surface area (Å²) in [4.78, 5) is 27.8. The van der Waals surface area contributed by atoms with E-state index in [0.29, 0.717) is 26.1 Å². The normalized spacial score (nSPS) is 13.6. The summed E-state index contributed by atoms with van der Waals surface area (Å²) in [5, 5.41) is 0. The molecule has 1 aliphatic rings. The molecule has 29 heavy (non-hydrogen) atoms. The van der Waals surface area contributed by atoms with Crippen LogP contribution >= 0.6 is 0 Å². The first-order valence-corrected chi connectivity index (χ1v) is 9.70. The maximum absolute atomic E-state index is 13.2. The van der Waals surface area contributed by atoms with Gasteiger partial charge < -0.3 is 14.2 Å². The van der Waals surface area contributed by atoms with Gasteiger partial charge in [-0.3, -0.25) is 9.59 Å². The van der Waals surface area contributed by atoms with E-state index in [1.165, 1.54) is 12.1 Å². The molecule has 5 nitrogen and oxygen atoms in total. The van der Waals surface area contributed by atoms with Gasteiger partial charge in [0.1, 0.15) is 18.0 Å². The summed E-state index contributed by atoms with van der Waals surface area (Å²) in [7, 11) is 0. The van der Waals surface area contributed by atoms with Gasteiger partial charge in [0.2, 0.25) is 5.43 Å². The molecule has 0 bridgehead atoms. The molecule has 2 heterocycles. The van der Waals surface area contributed by atoms with Gasteiger partial charge in [-0.25, -0.2) is 4.39 Å². The van der Waals surface area contributed by atoms with Crippen molar-refractivity contribution in [3.63, 3.8) is 0 Å². The molecule has 0 atom stereocenters. The summed E-state index contributed by atoms with van der Waals surface area (Å²) in [5.41, 5.74) is 1.33. The smallest absolute Gasteiger partial charge is 0.260 e. The van der Waals surface area contributed by atoms with Crippen LogP contribution in [0.3, 0.4) is 0 Å². The average Bonchev–Trinajstić information content (AvgIpc) is 2.72. The number of nitrogens with zero attached hydrogens (tertiary/aromatic N) is 2. The Hall–Kier alpha value is -3.15. The number of halogens is 1. The number of rotatable bonds is 8. The highest BCUT2D eigenvalue weighted by Gasteiger charge is 2.30. The molecule has 0 spiro atoms. The SMILES string of the molecule is C=CCCn1cc(OCC=CC)c(=O)c2c1CCN(Cc1ccc(F)cc1)C2=O. The molecule has 1 amide bonds. The van der Waals surface area contributed by atoms with Crippen molar-refractivity contribution in [2.45, 2.75) is 32.9 Å². The fourth-order valence-corrected chi connectivity index (χ4v) is 3.39. The third-order valence-corrected chi connectivity index (χ3v) is 4.91. The molecule has 3 rings (SSSR count). The second-order valence-electron chi connectivity index (χ2n) is 6.90. The maximum atomic E-state index is 13.2. The fraction of sp³-hybridized carbons (Fsp3) is 0.304. The molecule has 0 unspecified atom stereocenters. The summed E-state index contributed by atoms with van der Waals surface area (Å²) in [5.74, 6) is -0.468. The predicted octanol–water partition coefficient (Wildman–Crippen LogP) is 3.72. The molecule has 0 N–H and O–H groups in total. The fourth-order valence-electron chi connectivity index (χ4n) is 3.39. The van der Waals surface area contributed by atoms with Gasteiger partial charge in [0.25, 0.3) is 5.91 Å². The minimum absolute atomic E-state index is 0.167. The molecule has 6 heteroatoms. The minimum Gasteiger partial charge on any atom is -0.484 e. The van der Waals surface area contributed by atoms with Crippen LogP contribution in [0.5, 0.6) is 5.75 Å². The summed E-state index contributed by atoms with van der Waals surface area (Å²) in [6, 6.07) is 6.04. The summed E-state index contributed by atoms with van der Waals surface area (Å²) >= 11 is 0. The number of carbonyl (C=O) groups excluding carboxylic acids is 1. The maximum Gasteiger partial charge on any atom is 0.260 e. The number of fused-ring (bicyclic) bond motifs is 1. The molecule has 152 valence electrons. The molecule has 0 saturated carbocycles. The Kier molecular flexibility index (Phi) is 6.65. The van der Waals surface area contributed by atoms with Gasteiger partial charge in [-0.1, -0.05) is 30.4 Å². The van der Waals surface area contributed by atoms with E-state index >= 15 is 0 Å². The van der Waals surface area contributed by atoms with Crippen molar-refractivity contribution in [1.82, 2.24) is 9.47 Å². The van der Waals surface area contributed by atoms with Crippen LogP contribution in [0.2, 0.25) is 0 Å². The molecule has 0 fully saturated rings. The topological polar surface area (TPSA) is 51.5 Å². The van der Waals surface area contributed by atoms with Crippen molar-refractivity contribution in [1.29, 1.82) is 0 Å². The van der Waals surface area contributed by atoms with Gasteiger partial charge in [-0.15, -0.1) is 6.58 Å². The van der Waals surface area contributed by atoms with Crippen LogP contribution in [-0.4, -0.2) is 28.5 Å². The Labute approximate surface area is 169 Å². The van der Waals surface area contributed by atoms with Crippen LogP contribution in [0.15, 0.2) is 60.1 Å². The van der Waals surface area contributed by atoms with E-state index in [0.717, 1.165) is 17.7 Å². The van der Waals surface area contributed by atoms with E-state index in [9.17, 15) is 14.0 Å². The zero-order valence-corrected chi connectivity index (χ0v) is 16.6. The number of ether oxygens (including phenoxy) is 1. The minimum atomic E-state index is -0.381. The van der Waals surface area contributed by atoms with Crippen LogP contribution in [0.1, 0.15) is 35.0 Å². The Morgan fingerprint density at radius 3 is 2.69 bits per heavy atom. The van der Waals surface area contributed by atoms with Gasteiger partial charge in [-0.2, -0.15) is 0 Å². The molecular formula is C23H25FN2O3. The zero-order valence-electron chi connectivity index (χ0n) is 16.6. The first-order valence-electron chi connectivity index (χ1n) is 9.70. The highest BCUT2D eigenvalue weighted by molar-refractivity contribution is 5.96. The molecule has 0 radical (unpaired) electrons. The summed E-state index contributed by atoms with van der Waals surface area (Å²) in [6.45, 7) is 7.33. The summed E-state index contributed by atoms with van der Waals surface area (Å²) in [6.07, 6.45) is 8.42. The third kappa shape index (κ3) is 4.65. The van der Waals surface area contributed by atoms with Crippen LogP contribution < -0.4 is 10.2 Å². The lowest BCUT2D eigenvalue weighted by Gasteiger charge is -2.30. The van der Waals surface area contributed by atoms with Gasteiger partial charge in [0, 0.05) is 31.7 Å². The van der Waals surface area contributed by atoms with E-state index in [-0.39, 0.29) is 35.1 Å². The van der Waals surface area contributed by atoms with Crippen molar-refractivity contribution in [3.8, 4) is 5.75 Å². The number of pyridine rings is 1. The number of amides is 1. The van der Waals surface area contributed by atoms with Gasteiger partial charge in [0.15, 0.2) is 5.75 Å². The number of benzene rings is 1. The van der Waals surface area contributed by atoms with Crippen molar-refractivity contribution in [3.05, 3.63) is 88.1 Å². The number of hydrogen-bond donors (Lipinski definition) is 0. The van der Waals surface area contributed by atoms with Gasteiger partial charge in [-0.05, 0) is 31.0 Å². The Morgan fingerprint density at radius 1 is 1.24 bits per heavy atom. The van der Waals surface area contributed by atoms with Crippen molar-refractivity contribution >= 4 is 5.91 Å². The molecular weight excluding hydrogens is 371 g/mol. The van der Waals surface area contributed by atoms with Gasteiger partial charge >= 0.3 is 0 Å². The molecule has 0 saturated heterocycles. The number of hydrogen-bond acceptors (Lipinski definition) is 3. The van der Waals surface area contributed by atoms with Gasteiger partial charge in [0.05, 0.1) is 6.20 Å². The van der Waals surface area contributed by atoms with Crippen LogP contribution in [0.25, 0.3) is 0 Å². The largest absolute Gasteiger partial charge is 0.484 e. The zero-order chi connectivity index (χ0) is 20.8. The highest BCUT2D eigenvalue weighted by Crippen LogP contribution is 2.22. The Bertz CT molecular complexity index is 977. The van der Waals surface area contributed by atoms with E-state index in [1.807, 2.05) is 17.6 Å². The number of aryl methyl sites for hydroxylation is 1. The van der Waals surface area contributed by atoms with Crippen molar-refractivity contribution in [2.24, 2.45) is 0 Å². The summed E-state index contributed by atoms with van der Waals surface area (Å²) < 4.78 is 20.7. The van der Waals surface area contributed by atoms with E-state index in [4.69, 9.17) is 4.74 Å². The first kappa shape index (κ1) is 20.6. The standard InChI is InChI=1S/C23H25FN2O3/c1-3-5-12-25-16-20(29-14-6-4-2)22(27)21-19(25)11-13-26(23(21)28)15-17-7-9-18(24)10-8-17/h3-4,6-10,16H,1,5,11-15H2,2H3. The highest BCUT2D eigenvalue weighted by atomic mass is 19.1. The number of carbonyl (C=O) groups is 1.